The van der Waals surface area contributed by atoms with Crippen LogP contribution in [0.2, 0.25) is 0 Å². The fourth-order valence-corrected chi connectivity index (χ4v) is 3.92. The molecule has 0 aromatic heterocycles. The number of nitrogens with zero attached hydrogens (tertiary/aromatic N) is 1. The van der Waals surface area contributed by atoms with Gasteiger partial charge in [-0.2, -0.15) is 0 Å². The Morgan fingerprint density at radius 1 is 1.00 bits per heavy atom. The number of rotatable bonds is 10. The van der Waals surface area contributed by atoms with Gasteiger partial charge in [0.2, 0.25) is 0 Å². The van der Waals surface area contributed by atoms with Crippen LogP contribution in [0.15, 0.2) is 42.5 Å². The predicted molar refractivity (Wildman–Crippen MR) is 121 cm³/mol. The minimum atomic E-state index is -0.0261. The van der Waals surface area contributed by atoms with E-state index in [2.05, 4.69) is 62.2 Å². The van der Waals surface area contributed by atoms with Crippen molar-refractivity contribution in [1.29, 1.82) is 0 Å². The lowest BCUT2D eigenvalue weighted by atomic mass is 9.87. The van der Waals surface area contributed by atoms with Crippen LogP contribution in [0.3, 0.4) is 0 Å². The third-order valence-electron chi connectivity index (χ3n) is 5.51. The van der Waals surface area contributed by atoms with Gasteiger partial charge >= 0.3 is 0 Å². The van der Waals surface area contributed by atoms with Crippen molar-refractivity contribution < 1.29 is 4.79 Å². The first-order valence-electron chi connectivity index (χ1n) is 10.7. The first kappa shape index (κ1) is 22.0. The topological polar surface area (TPSA) is 32.3 Å². The highest BCUT2D eigenvalue weighted by atomic mass is 16.1. The number of carbonyl (C=O) groups is 1. The van der Waals surface area contributed by atoms with E-state index in [4.69, 9.17) is 0 Å². The maximum Gasteiger partial charge on any atom is 0.251 e. The summed E-state index contributed by atoms with van der Waals surface area (Å²) >= 11 is 0. The Labute approximate surface area is 171 Å². The van der Waals surface area contributed by atoms with Crippen molar-refractivity contribution in [3.8, 4) is 0 Å². The summed E-state index contributed by atoms with van der Waals surface area (Å²) in [5.41, 5.74) is 5.71. The number of anilines is 1. The van der Waals surface area contributed by atoms with Crippen molar-refractivity contribution in [3.63, 3.8) is 0 Å². The summed E-state index contributed by atoms with van der Waals surface area (Å²) in [4.78, 5) is 14.8. The van der Waals surface area contributed by atoms with Crippen LogP contribution in [-0.4, -0.2) is 26.0 Å². The number of hydrogen-bond acceptors (Lipinski definition) is 2. The SMILES string of the molecule is CCCCCN(CCC)c1ccc(C(C)c2ccccc2C(=O)NC)c(C)c1. The average Bonchev–Trinajstić information content (AvgIpc) is 2.72. The highest BCUT2D eigenvalue weighted by Crippen LogP contribution is 2.31. The molecule has 0 spiro atoms. The van der Waals surface area contributed by atoms with Crippen LogP contribution in [0.25, 0.3) is 0 Å². The smallest absolute Gasteiger partial charge is 0.251 e. The molecule has 1 N–H and O–H groups in total. The van der Waals surface area contributed by atoms with Gasteiger partial charge < -0.3 is 10.2 Å². The third-order valence-corrected chi connectivity index (χ3v) is 5.51. The van der Waals surface area contributed by atoms with Crippen molar-refractivity contribution in [3.05, 3.63) is 64.7 Å². The van der Waals surface area contributed by atoms with Gasteiger partial charge in [0.15, 0.2) is 0 Å². The maximum atomic E-state index is 12.3. The summed E-state index contributed by atoms with van der Waals surface area (Å²) in [5, 5.41) is 2.76. The largest absolute Gasteiger partial charge is 0.372 e. The van der Waals surface area contributed by atoms with E-state index >= 15 is 0 Å². The molecule has 2 aromatic carbocycles. The van der Waals surface area contributed by atoms with Crippen LogP contribution in [0.1, 0.15) is 79.4 Å². The van der Waals surface area contributed by atoms with Gasteiger partial charge in [0.05, 0.1) is 0 Å². The maximum absolute atomic E-state index is 12.3. The predicted octanol–water partition coefficient (Wildman–Crippen LogP) is 5.91. The molecule has 0 aliphatic heterocycles. The number of unbranched alkanes of at least 4 members (excludes halogenated alkanes) is 2. The highest BCUT2D eigenvalue weighted by Gasteiger charge is 2.18. The molecular weight excluding hydrogens is 344 g/mol. The number of benzene rings is 2. The van der Waals surface area contributed by atoms with Crippen molar-refractivity contribution in [2.24, 2.45) is 0 Å². The molecule has 1 amide bonds. The molecule has 0 heterocycles. The van der Waals surface area contributed by atoms with E-state index in [1.807, 2.05) is 18.2 Å². The molecule has 3 heteroatoms. The molecule has 0 fully saturated rings. The second kappa shape index (κ2) is 10.9. The molecule has 0 bridgehead atoms. The molecule has 0 radical (unpaired) electrons. The Balaban J connectivity index is 2.29. The van der Waals surface area contributed by atoms with Crippen molar-refractivity contribution in [2.75, 3.05) is 25.0 Å². The van der Waals surface area contributed by atoms with Gasteiger partial charge in [-0.15, -0.1) is 0 Å². The van der Waals surface area contributed by atoms with Gasteiger partial charge in [-0.1, -0.05) is 57.9 Å². The number of hydrogen-bond donors (Lipinski definition) is 1. The summed E-state index contributed by atoms with van der Waals surface area (Å²) in [6.07, 6.45) is 4.93. The highest BCUT2D eigenvalue weighted by molar-refractivity contribution is 5.95. The van der Waals surface area contributed by atoms with Gasteiger partial charge in [-0.3, -0.25) is 4.79 Å². The zero-order chi connectivity index (χ0) is 20.5. The summed E-state index contributed by atoms with van der Waals surface area (Å²) < 4.78 is 0. The van der Waals surface area contributed by atoms with E-state index in [9.17, 15) is 4.79 Å². The molecule has 1 unspecified atom stereocenters. The van der Waals surface area contributed by atoms with Crippen LogP contribution in [0.5, 0.6) is 0 Å². The van der Waals surface area contributed by atoms with Gasteiger partial charge in [0.25, 0.3) is 5.91 Å². The quantitative estimate of drug-likeness (QED) is 0.519. The first-order valence-corrected chi connectivity index (χ1v) is 10.7. The third kappa shape index (κ3) is 5.37. The van der Waals surface area contributed by atoms with Crippen LogP contribution in [-0.2, 0) is 0 Å². The van der Waals surface area contributed by atoms with Gasteiger partial charge in [-0.05, 0) is 54.7 Å². The summed E-state index contributed by atoms with van der Waals surface area (Å²) in [6, 6.07) is 14.7. The standard InChI is InChI=1S/C25H36N2O/c1-6-8-11-17-27(16-7-2)21-14-15-22(19(3)18-21)20(4)23-12-9-10-13-24(23)25(28)26-5/h9-10,12-15,18,20H,6-8,11,16-17H2,1-5H3,(H,26,28). The Morgan fingerprint density at radius 2 is 1.75 bits per heavy atom. The second-order valence-electron chi connectivity index (χ2n) is 7.62. The molecule has 0 aliphatic rings. The molecule has 152 valence electrons. The molecule has 1 atom stereocenters. The fourth-order valence-electron chi connectivity index (χ4n) is 3.92. The molecule has 28 heavy (non-hydrogen) atoms. The van der Waals surface area contributed by atoms with Gasteiger partial charge in [0.1, 0.15) is 0 Å². The monoisotopic (exact) mass is 380 g/mol. The number of amides is 1. The number of carbonyl (C=O) groups excluding carboxylic acids is 1. The Morgan fingerprint density at radius 3 is 2.39 bits per heavy atom. The summed E-state index contributed by atoms with van der Waals surface area (Å²) in [5.74, 6) is 0.143. The van der Waals surface area contributed by atoms with Crippen LogP contribution in [0, 0.1) is 6.92 Å². The minimum absolute atomic E-state index is 0.0261. The van der Waals surface area contributed by atoms with Crippen molar-refractivity contribution in [2.45, 2.75) is 59.3 Å². The number of nitrogens with one attached hydrogen (secondary N) is 1. The first-order chi connectivity index (χ1) is 13.5. The van der Waals surface area contributed by atoms with Crippen molar-refractivity contribution >= 4 is 11.6 Å². The van der Waals surface area contributed by atoms with E-state index in [-0.39, 0.29) is 11.8 Å². The molecule has 2 aromatic rings. The molecule has 2 rings (SSSR count). The Bertz CT molecular complexity index is 769. The van der Waals surface area contributed by atoms with Crippen LogP contribution < -0.4 is 10.2 Å². The molecular formula is C25H36N2O. The lowest BCUT2D eigenvalue weighted by Gasteiger charge is -2.26. The summed E-state index contributed by atoms with van der Waals surface area (Å²) in [7, 11) is 1.69. The molecule has 0 saturated carbocycles. The van der Waals surface area contributed by atoms with Gasteiger partial charge in [-0.25, -0.2) is 0 Å². The molecule has 0 aliphatic carbocycles. The van der Waals surface area contributed by atoms with E-state index in [0.29, 0.717) is 0 Å². The summed E-state index contributed by atoms with van der Waals surface area (Å²) in [6.45, 7) is 11.1. The van der Waals surface area contributed by atoms with E-state index in [1.54, 1.807) is 7.05 Å². The van der Waals surface area contributed by atoms with Crippen LogP contribution >= 0.6 is 0 Å². The number of aryl methyl sites for hydroxylation is 1. The zero-order valence-electron chi connectivity index (χ0n) is 18.2. The zero-order valence-corrected chi connectivity index (χ0v) is 18.2. The van der Waals surface area contributed by atoms with E-state index < -0.39 is 0 Å². The lowest BCUT2D eigenvalue weighted by molar-refractivity contribution is 0.0962. The van der Waals surface area contributed by atoms with E-state index in [1.165, 1.54) is 36.1 Å². The van der Waals surface area contributed by atoms with E-state index in [0.717, 1.165) is 30.6 Å². The molecule has 0 saturated heterocycles. The van der Waals surface area contributed by atoms with Crippen LogP contribution in [0.4, 0.5) is 5.69 Å². The van der Waals surface area contributed by atoms with Crippen molar-refractivity contribution in [1.82, 2.24) is 5.32 Å². The Hall–Kier alpha value is -2.29. The fraction of sp³-hybridized carbons (Fsp3) is 0.480. The minimum Gasteiger partial charge on any atom is -0.372 e. The lowest BCUT2D eigenvalue weighted by Crippen LogP contribution is -2.25. The normalized spacial score (nSPS) is 11.9. The van der Waals surface area contributed by atoms with Gasteiger partial charge in [0, 0.05) is 37.3 Å². The second-order valence-corrected chi connectivity index (χ2v) is 7.62. The average molecular weight is 381 g/mol. The molecule has 3 nitrogen and oxygen atoms in total. The Kier molecular flexibility index (Phi) is 8.56.